The molecule has 0 saturated carbocycles. The Labute approximate surface area is 155 Å². The summed E-state index contributed by atoms with van der Waals surface area (Å²) >= 11 is 0. The molecule has 0 N–H and O–H groups in total. The summed E-state index contributed by atoms with van der Waals surface area (Å²) in [5.74, 6) is 0. The van der Waals surface area contributed by atoms with E-state index in [0.29, 0.717) is 4.90 Å². The molecule has 2 aromatic carbocycles. The summed E-state index contributed by atoms with van der Waals surface area (Å²) in [4.78, 5) is 2.73. The Balaban J connectivity index is 1.86. The highest BCUT2D eigenvalue weighted by atomic mass is 32.2. The number of nitrogens with zero attached hydrogens (tertiary/aromatic N) is 2. The van der Waals surface area contributed by atoms with Crippen LogP contribution in [-0.4, -0.2) is 26.4 Å². The van der Waals surface area contributed by atoms with Gasteiger partial charge in [-0.1, -0.05) is 42.0 Å². The average molecular weight is 369 g/mol. The molecule has 4 nitrogen and oxygen atoms in total. The highest BCUT2D eigenvalue weighted by Crippen LogP contribution is 2.48. The van der Waals surface area contributed by atoms with E-state index in [1.807, 2.05) is 50.3 Å². The fraction of sp³-hybridized carbons (Fsp3) is 0.333. The number of rotatable bonds is 3. The molecule has 0 amide bonds. The Kier molecular flexibility index (Phi) is 4.37. The van der Waals surface area contributed by atoms with E-state index >= 15 is 0 Å². The third-order valence-electron chi connectivity index (χ3n) is 5.33. The number of hydrogen-bond donors (Lipinski definition) is 0. The standard InChI is InChI=1S/C21H24N2O2S/c1-3-19-21(22-14-6-7-15-22)18-8-4-5-9-20(18)23(19)26(24,25)17-12-10-16(2)11-13-17/h3-5,8-13,21H,6-7,14-15H2,1-2H3/b19-3+. The molecule has 1 unspecified atom stereocenters. The van der Waals surface area contributed by atoms with Gasteiger partial charge in [0.2, 0.25) is 0 Å². The van der Waals surface area contributed by atoms with Gasteiger partial charge < -0.3 is 0 Å². The molecule has 2 aromatic rings. The predicted molar refractivity (Wildman–Crippen MR) is 105 cm³/mol. The van der Waals surface area contributed by atoms with Gasteiger partial charge in [-0.3, -0.25) is 4.90 Å². The molecule has 0 aromatic heterocycles. The Bertz CT molecular complexity index is 942. The maximum atomic E-state index is 13.5. The summed E-state index contributed by atoms with van der Waals surface area (Å²) < 4.78 is 28.6. The van der Waals surface area contributed by atoms with Gasteiger partial charge in [0.15, 0.2) is 0 Å². The van der Waals surface area contributed by atoms with Gasteiger partial charge in [0.25, 0.3) is 10.0 Å². The van der Waals surface area contributed by atoms with E-state index in [0.717, 1.165) is 35.6 Å². The summed E-state index contributed by atoms with van der Waals surface area (Å²) in [5.41, 5.74) is 3.75. The number of aryl methyl sites for hydroxylation is 1. The summed E-state index contributed by atoms with van der Waals surface area (Å²) in [6, 6.07) is 15.0. The van der Waals surface area contributed by atoms with Gasteiger partial charge in [0, 0.05) is 5.56 Å². The van der Waals surface area contributed by atoms with Crippen LogP contribution in [-0.2, 0) is 10.0 Å². The van der Waals surface area contributed by atoms with Crippen molar-refractivity contribution in [3.63, 3.8) is 0 Å². The SMILES string of the molecule is C/C=C1\C(N2CCCC2)c2ccccc2N1S(=O)(=O)c1ccc(C)cc1. The van der Waals surface area contributed by atoms with Crippen molar-refractivity contribution in [3.8, 4) is 0 Å². The van der Waals surface area contributed by atoms with Gasteiger partial charge in [-0.05, 0) is 58.0 Å². The Hall–Kier alpha value is -2.11. The third kappa shape index (κ3) is 2.66. The normalized spacial score (nSPS) is 22.2. The minimum Gasteiger partial charge on any atom is -0.291 e. The van der Waals surface area contributed by atoms with Crippen molar-refractivity contribution >= 4 is 15.7 Å². The molecule has 1 fully saturated rings. The minimum absolute atomic E-state index is 0.0129. The van der Waals surface area contributed by atoms with Crippen LogP contribution >= 0.6 is 0 Å². The first-order valence-corrected chi connectivity index (χ1v) is 10.6. The lowest BCUT2D eigenvalue weighted by atomic mass is 10.1. The van der Waals surface area contributed by atoms with Crippen molar-refractivity contribution in [1.82, 2.24) is 4.90 Å². The third-order valence-corrected chi connectivity index (χ3v) is 7.08. The molecule has 1 saturated heterocycles. The number of likely N-dealkylation sites (tertiary alicyclic amines) is 1. The van der Waals surface area contributed by atoms with E-state index < -0.39 is 10.0 Å². The molecule has 2 aliphatic heterocycles. The molecule has 0 radical (unpaired) electrons. The molecule has 136 valence electrons. The number of anilines is 1. The van der Waals surface area contributed by atoms with Gasteiger partial charge in [0.1, 0.15) is 0 Å². The van der Waals surface area contributed by atoms with Crippen LogP contribution in [0, 0.1) is 6.92 Å². The van der Waals surface area contributed by atoms with E-state index in [-0.39, 0.29) is 6.04 Å². The van der Waals surface area contributed by atoms with Crippen LogP contribution in [0.15, 0.2) is 65.2 Å². The summed E-state index contributed by atoms with van der Waals surface area (Å²) in [6.07, 6.45) is 4.29. The van der Waals surface area contributed by atoms with E-state index in [2.05, 4.69) is 11.0 Å². The maximum Gasteiger partial charge on any atom is 0.268 e. The number of para-hydroxylation sites is 1. The number of benzene rings is 2. The summed E-state index contributed by atoms with van der Waals surface area (Å²) in [7, 11) is -3.65. The van der Waals surface area contributed by atoms with Gasteiger partial charge in [-0.2, -0.15) is 0 Å². The second-order valence-corrected chi connectivity index (χ2v) is 8.79. The largest absolute Gasteiger partial charge is 0.291 e. The number of hydrogen-bond acceptors (Lipinski definition) is 3. The molecular weight excluding hydrogens is 344 g/mol. The zero-order valence-electron chi connectivity index (χ0n) is 15.2. The lowest BCUT2D eigenvalue weighted by Gasteiger charge is -2.28. The highest BCUT2D eigenvalue weighted by molar-refractivity contribution is 7.93. The minimum atomic E-state index is -3.65. The van der Waals surface area contributed by atoms with Gasteiger partial charge in [-0.15, -0.1) is 0 Å². The molecule has 0 spiro atoms. The molecule has 26 heavy (non-hydrogen) atoms. The van der Waals surface area contributed by atoms with Crippen molar-refractivity contribution in [2.24, 2.45) is 0 Å². The first-order chi connectivity index (χ1) is 12.5. The zero-order chi connectivity index (χ0) is 18.3. The second kappa shape index (κ2) is 6.56. The predicted octanol–water partition coefficient (Wildman–Crippen LogP) is 4.24. The van der Waals surface area contributed by atoms with Crippen molar-refractivity contribution in [2.75, 3.05) is 17.4 Å². The Morgan fingerprint density at radius 3 is 2.31 bits per heavy atom. The van der Waals surface area contributed by atoms with Crippen LogP contribution in [0.2, 0.25) is 0 Å². The highest BCUT2D eigenvalue weighted by Gasteiger charge is 2.43. The molecule has 2 aliphatic rings. The van der Waals surface area contributed by atoms with Crippen LogP contribution < -0.4 is 4.31 Å². The Morgan fingerprint density at radius 2 is 1.65 bits per heavy atom. The second-order valence-electron chi connectivity index (χ2n) is 7.00. The van der Waals surface area contributed by atoms with Crippen LogP contribution in [0.1, 0.15) is 36.9 Å². The lowest BCUT2D eigenvalue weighted by molar-refractivity contribution is 0.282. The number of allylic oxidation sites excluding steroid dienone is 1. The van der Waals surface area contributed by atoms with E-state index in [1.54, 1.807) is 16.4 Å². The Morgan fingerprint density at radius 1 is 1.00 bits per heavy atom. The van der Waals surface area contributed by atoms with Crippen molar-refractivity contribution < 1.29 is 8.42 Å². The van der Waals surface area contributed by atoms with Crippen LogP contribution in [0.5, 0.6) is 0 Å². The first-order valence-electron chi connectivity index (χ1n) is 9.15. The van der Waals surface area contributed by atoms with Gasteiger partial charge in [0.05, 0.1) is 22.3 Å². The van der Waals surface area contributed by atoms with Crippen molar-refractivity contribution in [3.05, 3.63) is 71.4 Å². The average Bonchev–Trinajstić information content (AvgIpc) is 3.27. The summed E-state index contributed by atoms with van der Waals surface area (Å²) in [5, 5.41) is 0. The van der Waals surface area contributed by atoms with Crippen LogP contribution in [0.25, 0.3) is 0 Å². The monoisotopic (exact) mass is 368 g/mol. The van der Waals surface area contributed by atoms with Crippen molar-refractivity contribution in [2.45, 2.75) is 37.6 Å². The smallest absolute Gasteiger partial charge is 0.268 e. The van der Waals surface area contributed by atoms with E-state index in [1.165, 1.54) is 12.8 Å². The lowest BCUT2D eigenvalue weighted by Crippen LogP contribution is -2.32. The molecule has 0 aliphatic carbocycles. The molecule has 1 atom stereocenters. The molecule has 0 bridgehead atoms. The molecular formula is C21H24N2O2S. The fourth-order valence-corrected chi connectivity index (χ4v) is 5.65. The molecule has 4 rings (SSSR count). The fourth-order valence-electron chi connectivity index (χ4n) is 4.06. The maximum absolute atomic E-state index is 13.5. The van der Waals surface area contributed by atoms with E-state index in [9.17, 15) is 8.42 Å². The van der Waals surface area contributed by atoms with Crippen LogP contribution in [0.4, 0.5) is 5.69 Å². The quantitative estimate of drug-likeness (QED) is 0.813. The number of sulfonamides is 1. The molecule has 5 heteroatoms. The number of fused-ring (bicyclic) bond motifs is 1. The van der Waals surface area contributed by atoms with Crippen LogP contribution in [0.3, 0.4) is 0 Å². The first kappa shape index (κ1) is 17.3. The van der Waals surface area contributed by atoms with Crippen molar-refractivity contribution in [1.29, 1.82) is 0 Å². The molecule has 2 heterocycles. The zero-order valence-corrected chi connectivity index (χ0v) is 16.0. The van der Waals surface area contributed by atoms with E-state index in [4.69, 9.17) is 0 Å². The van der Waals surface area contributed by atoms with Gasteiger partial charge in [-0.25, -0.2) is 12.7 Å². The summed E-state index contributed by atoms with van der Waals surface area (Å²) in [6.45, 7) is 5.91. The topological polar surface area (TPSA) is 40.6 Å². The van der Waals surface area contributed by atoms with Gasteiger partial charge >= 0.3 is 0 Å².